The largest absolute Gasteiger partial charge is 0.485 e. The van der Waals surface area contributed by atoms with Crippen molar-refractivity contribution in [2.75, 3.05) is 6.61 Å². The quantitative estimate of drug-likeness (QED) is 0.768. The molecule has 3 nitrogen and oxygen atoms in total. The highest BCUT2D eigenvalue weighted by Crippen LogP contribution is 2.10. The minimum atomic E-state index is -0.143. The topological polar surface area (TPSA) is 50.1 Å². The highest BCUT2D eigenvalue weighted by molar-refractivity contribution is 5.97. The Hall–Kier alpha value is -2.60. The van der Waals surface area contributed by atoms with Gasteiger partial charge < -0.3 is 4.74 Å². The van der Waals surface area contributed by atoms with Gasteiger partial charge in [0, 0.05) is 5.56 Å². The van der Waals surface area contributed by atoms with Crippen LogP contribution in [-0.2, 0) is 0 Å². The monoisotopic (exact) mass is 237 g/mol. The van der Waals surface area contributed by atoms with Crippen molar-refractivity contribution in [2.24, 2.45) is 0 Å². The van der Waals surface area contributed by atoms with E-state index in [1.54, 1.807) is 36.4 Å². The summed E-state index contributed by atoms with van der Waals surface area (Å²) < 4.78 is 5.36. The number of hydrogen-bond donors (Lipinski definition) is 0. The van der Waals surface area contributed by atoms with E-state index in [4.69, 9.17) is 10.00 Å². The summed E-state index contributed by atoms with van der Waals surface area (Å²) in [5.74, 6) is 0.512. The highest BCUT2D eigenvalue weighted by atomic mass is 16.5. The predicted molar refractivity (Wildman–Crippen MR) is 67.4 cm³/mol. The number of carbonyl (C=O) groups excluding carboxylic acids is 1. The van der Waals surface area contributed by atoms with Gasteiger partial charge >= 0.3 is 0 Å². The van der Waals surface area contributed by atoms with Crippen molar-refractivity contribution in [1.82, 2.24) is 0 Å². The van der Waals surface area contributed by atoms with Crippen LogP contribution < -0.4 is 4.74 Å². The van der Waals surface area contributed by atoms with Gasteiger partial charge in [-0.2, -0.15) is 5.26 Å². The van der Waals surface area contributed by atoms with E-state index in [-0.39, 0.29) is 12.4 Å². The molecule has 0 spiro atoms. The zero-order valence-corrected chi connectivity index (χ0v) is 9.67. The van der Waals surface area contributed by atoms with Gasteiger partial charge in [0.15, 0.2) is 12.4 Å². The molecule has 2 aromatic carbocycles. The molecule has 0 aliphatic rings. The lowest BCUT2D eigenvalue weighted by molar-refractivity contribution is 0.0921. The van der Waals surface area contributed by atoms with Gasteiger partial charge in [-0.05, 0) is 24.3 Å². The number of hydrogen-bond acceptors (Lipinski definition) is 3. The standard InChI is InChI=1S/C15H11NO2/c16-10-12-5-4-6-13(9-12)15(17)11-18-14-7-2-1-3-8-14/h1-9H,11H2. The molecule has 0 saturated carbocycles. The number of nitrogens with zero attached hydrogens (tertiary/aromatic N) is 1. The molecular formula is C15H11NO2. The number of benzene rings is 2. The summed E-state index contributed by atoms with van der Waals surface area (Å²) in [4.78, 5) is 11.9. The fourth-order valence-electron chi connectivity index (χ4n) is 1.51. The van der Waals surface area contributed by atoms with E-state index < -0.39 is 0 Å². The van der Waals surface area contributed by atoms with Crippen molar-refractivity contribution in [3.05, 3.63) is 65.7 Å². The van der Waals surface area contributed by atoms with Crippen LogP contribution in [0.5, 0.6) is 5.75 Å². The first-order chi connectivity index (χ1) is 8.79. The van der Waals surface area contributed by atoms with Crippen molar-refractivity contribution in [2.45, 2.75) is 0 Å². The van der Waals surface area contributed by atoms with E-state index in [1.165, 1.54) is 0 Å². The van der Waals surface area contributed by atoms with Gasteiger partial charge in [-0.1, -0.05) is 30.3 Å². The molecule has 0 aromatic heterocycles. The molecule has 3 heteroatoms. The Morgan fingerprint density at radius 1 is 1.11 bits per heavy atom. The number of carbonyl (C=O) groups is 1. The van der Waals surface area contributed by atoms with Gasteiger partial charge in [0.25, 0.3) is 0 Å². The Morgan fingerprint density at radius 2 is 1.89 bits per heavy atom. The van der Waals surface area contributed by atoms with Crippen LogP contribution in [0.25, 0.3) is 0 Å². The molecule has 0 atom stereocenters. The number of rotatable bonds is 4. The molecule has 2 aromatic rings. The molecule has 0 radical (unpaired) electrons. The molecule has 0 fully saturated rings. The Balaban J connectivity index is 2.02. The van der Waals surface area contributed by atoms with Crippen LogP contribution >= 0.6 is 0 Å². The predicted octanol–water partition coefficient (Wildman–Crippen LogP) is 2.82. The van der Waals surface area contributed by atoms with Crippen molar-refractivity contribution in [1.29, 1.82) is 5.26 Å². The van der Waals surface area contributed by atoms with E-state index in [0.29, 0.717) is 16.9 Å². The average Bonchev–Trinajstić information content (AvgIpc) is 2.46. The molecule has 18 heavy (non-hydrogen) atoms. The molecule has 0 amide bonds. The molecule has 0 unspecified atom stereocenters. The molecule has 88 valence electrons. The van der Waals surface area contributed by atoms with Crippen LogP contribution in [-0.4, -0.2) is 12.4 Å². The zero-order valence-electron chi connectivity index (χ0n) is 9.67. The van der Waals surface area contributed by atoms with Crippen LogP contribution in [0, 0.1) is 11.3 Å². The Kier molecular flexibility index (Phi) is 3.72. The molecule has 0 bridgehead atoms. The summed E-state index contributed by atoms with van der Waals surface area (Å²) in [5.41, 5.74) is 0.963. The number of nitriles is 1. The number of Topliss-reactive ketones (excluding diaryl/α,β-unsaturated/α-hetero) is 1. The summed E-state index contributed by atoms with van der Waals surface area (Å²) in [6.07, 6.45) is 0. The first kappa shape index (κ1) is 11.9. The van der Waals surface area contributed by atoms with E-state index in [2.05, 4.69) is 0 Å². The lowest BCUT2D eigenvalue weighted by Gasteiger charge is -2.05. The van der Waals surface area contributed by atoms with Gasteiger partial charge in [-0.15, -0.1) is 0 Å². The number of ether oxygens (including phenoxy) is 1. The van der Waals surface area contributed by atoms with Gasteiger partial charge in [0.1, 0.15) is 5.75 Å². The maximum absolute atomic E-state index is 11.9. The fourth-order valence-corrected chi connectivity index (χ4v) is 1.51. The summed E-state index contributed by atoms with van der Waals surface area (Å²) >= 11 is 0. The second-order valence-electron chi connectivity index (χ2n) is 3.72. The second-order valence-corrected chi connectivity index (χ2v) is 3.72. The van der Waals surface area contributed by atoms with Crippen molar-refractivity contribution in [3.63, 3.8) is 0 Å². The van der Waals surface area contributed by atoms with Crippen molar-refractivity contribution >= 4 is 5.78 Å². The summed E-state index contributed by atoms with van der Waals surface area (Å²) in [6, 6.07) is 17.7. The normalized spacial score (nSPS) is 9.50. The SMILES string of the molecule is N#Cc1cccc(C(=O)COc2ccccc2)c1. The summed E-state index contributed by atoms with van der Waals surface area (Å²) in [6.45, 7) is -0.0289. The number of ketones is 1. The highest BCUT2D eigenvalue weighted by Gasteiger charge is 2.07. The molecule has 0 aliphatic heterocycles. The molecule has 0 N–H and O–H groups in total. The minimum absolute atomic E-state index is 0.0289. The molecule has 2 rings (SSSR count). The van der Waals surface area contributed by atoms with E-state index in [0.717, 1.165) is 0 Å². The Labute approximate surface area is 105 Å². The maximum atomic E-state index is 11.9. The smallest absolute Gasteiger partial charge is 0.200 e. The van der Waals surface area contributed by atoms with Crippen LogP contribution in [0.1, 0.15) is 15.9 Å². The third kappa shape index (κ3) is 2.96. The van der Waals surface area contributed by atoms with Crippen LogP contribution in [0.15, 0.2) is 54.6 Å². The fraction of sp³-hybridized carbons (Fsp3) is 0.0667. The van der Waals surface area contributed by atoms with Crippen LogP contribution in [0.2, 0.25) is 0 Å². The third-order valence-electron chi connectivity index (χ3n) is 2.43. The lowest BCUT2D eigenvalue weighted by Crippen LogP contribution is -2.11. The van der Waals surface area contributed by atoms with Gasteiger partial charge in [0.2, 0.25) is 0 Å². The van der Waals surface area contributed by atoms with E-state index in [1.807, 2.05) is 24.3 Å². The van der Waals surface area contributed by atoms with Gasteiger partial charge in [-0.25, -0.2) is 0 Å². The maximum Gasteiger partial charge on any atom is 0.200 e. The molecule has 0 saturated heterocycles. The number of para-hydroxylation sites is 1. The summed E-state index contributed by atoms with van der Waals surface area (Å²) in [7, 11) is 0. The van der Waals surface area contributed by atoms with Gasteiger partial charge in [0.05, 0.1) is 11.6 Å². The molecule has 0 aliphatic carbocycles. The minimum Gasteiger partial charge on any atom is -0.485 e. The summed E-state index contributed by atoms with van der Waals surface area (Å²) in [5, 5.41) is 8.76. The van der Waals surface area contributed by atoms with Crippen molar-refractivity contribution < 1.29 is 9.53 Å². The van der Waals surface area contributed by atoms with Crippen molar-refractivity contribution in [3.8, 4) is 11.8 Å². The van der Waals surface area contributed by atoms with E-state index in [9.17, 15) is 4.79 Å². The molecule has 0 heterocycles. The van der Waals surface area contributed by atoms with E-state index >= 15 is 0 Å². The lowest BCUT2D eigenvalue weighted by atomic mass is 10.1. The third-order valence-corrected chi connectivity index (χ3v) is 2.43. The van der Waals surface area contributed by atoms with Crippen LogP contribution in [0.3, 0.4) is 0 Å². The first-order valence-electron chi connectivity index (χ1n) is 5.51. The Morgan fingerprint density at radius 3 is 2.61 bits per heavy atom. The molecular weight excluding hydrogens is 226 g/mol. The second kappa shape index (κ2) is 5.65. The zero-order chi connectivity index (χ0) is 12.8. The van der Waals surface area contributed by atoms with Crippen LogP contribution in [0.4, 0.5) is 0 Å². The average molecular weight is 237 g/mol. The van der Waals surface area contributed by atoms with Gasteiger partial charge in [-0.3, -0.25) is 4.79 Å². The Bertz CT molecular complexity index is 585. The first-order valence-corrected chi connectivity index (χ1v) is 5.51.